The van der Waals surface area contributed by atoms with Crippen LogP contribution in [-0.2, 0) is 10.0 Å². The van der Waals surface area contributed by atoms with Crippen LogP contribution in [0.25, 0.3) is 0 Å². The van der Waals surface area contributed by atoms with Gasteiger partial charge in [0.15, 0.2) is 0 Å². The molecule has 80 valence electrons. The second-order valence-corrected chi connectivity index (χ2v) is 5.22. The van der Waals surface area contributed by atoms with E-state index >= 15 is 0 Å². The summed E-state index contributed by atoms with van der Waals surface area (Å²) in [7, 11) is -3.68. The van der Waals surface area contributed by atoms with Crippen LogP contribution in [-0.4, -0.2) is 14.6 Å². The molecule has 0 saturated carbocycles. The highest BCUT2D eigenvalue weighted by molar-refractivity contribution is 7.89. The van der Waals surface area contributed by atoms with E-state index in [9.17, 15) is 8.42 Å². The van der Waals surface area contributed by atoms with Crippen molar-refractivity contribution in [3.63, 3.8) is 0 Å². The molecule has 15 heavy (non-hydrogen) atoms. The van der Waals surface area contributed by atoms with Crippen molar-refractivity contribution in [2.75, 3.05) is 0 Å². The van der Waals surface area contributed by atoms with Crippen molar-refractivity contribution in [1.82, 2.24) is 0 Å². The van der Waals surface area contributed by atoms with Crippen molar-refractivity contribution in [3.05, 3.63) is 23.8 Å². The third-order valence-electron chi connectivity index (χ3n) is 2.55. The van der Waals surface area contributed by atoms with Gasteiger partial charge in [-0.05, 0) is 24.0 Å². The first kappa shape index (κ1) is 10.3. The molecule has 2 rings (SSSR count). The maximum absolute atomic E-state index is 11.3. The Morgan fingerprint density at radius 2 is 2.20 bits per heavy atom. The predicted molar refractivity (Wildman–Crippen MR) is 59.0 cm³/mol. The second-order valence-electron chi connectivity index (χ2n) is 3.69. The molecule has 1 unspecified atom stereocenters. The molecule has 1 aliphatic heterocycles. The molecule has 0 bridgehead atoms. The van der Waals surface area contributed by atoms with E-state index in [-0.39, 0.29) is 4.90 Å². The molecule has 4 nitrogen and oxygen atoms in total. The molecule has 0 aliphatic carbocycles. The lowest BCUT2D eigenvalue weighted by Crippen LogP contribution is -2.14. The van der Waals surface area contributed by atoms with E-state index in [1.54, 1.807) is 12.3 Å². The SMILES string of the molecule is CC1CC=Nc2c1cccc2S(N)(=O)=O. The second kappa shape index (κ2) is 3.43. The number of hydrogen-bond donors (Lipinski definition) is 1. The molecule has 1 aromatic carbocycles. The molecule has 0 radical (unpaired) electrons. The van der Waals surface area contributed by atoms with Crippen molar-refractivity contribution in [3.8, 4) is 0 Å². The highest BCUT2D eigenvalue weighted by Crippen LogP contribution is 2.36. The molecule has 1 aliphatic rings. The lowest BCUT2D eigenvalue weighted by Gasteiger charge is -2.18. The summed E-state index contributed by atoms with van der Waals surface area (Å²) in [5.41, 5.74) is 1.45. The monoisotopic (exact) mass is 224 g/mol. The van der Waals surface area contributed by atoms with Crippen LogP contribution in [0.15, 0.2) is 28.1 Å². The van der Waals surface area contributed by atoms with Gasteiger partial charge in [-0.2, -0.15) is 0 Å². The zero-order chi connectivity index (χ0) is 11.1. The van der Waals surface area contributed by atoms with E-state index in [1.165, 1.54) is 6.07 Å². The summed E-state index contributed by atoms with van der Waals surface area (Å²) in [6.07, 6.45) is 2.57. The number of hydrogen-bond acceptors (Lipinski definition) is 3. The van der Waals surface area contributed by atoms with Gasteiger partial charge in [-0.25, -0.2) is 13.6 Å². The number of benzene rings is 1. The molecule has 1 aromatic rings. The van der Waals surface area contributed by atoms with E-state index in [2.05, 4.69) is 4.99 Å². The Morgan fingerprint density at radius 3 is 2.87 bits per heavy atom. The number of sulfonamides is 1. The van der Waals surface area contributed by atoms with Crippen molar-refractivity contribution in [2.45, 2.75) is 24.2 Å². The number of para-hydroxylation sites is 1. The van der Waals surface area contributed by atoms with E-state index in [0.717, 1.165) is 12.0 Å². The molecular weight excluding hydrogens is 212 g/mol. The van der Waals surface area contributed by atoms with Crippen LogP contribution in [0.4, 0.5) is 5.69 Å². The number of aliphatic imine (C=N–C) groups is 1. The average Bonchev–Trinajstić information content (AvgIpc) is 2.16. The van der Waals surface area contributed by atoms with Crippen LogP contribution in [0.3, 0.4) is 0 Å². The van der Waals surface area contributed by atoms with Crippen molar-refractivity contribution in [1.29, 1.82) is 0 Å². The largest absolute Gasteiger partial charge is 0.260 e. The molecule has 0 aromatic heterocycles. The quantitative estimate of drug-likeness (QED) is 0.785. The molecule has 2 N–H and O–H groups in total. The lowest BCUT2D eigenvalue weighted by atomic mass is 9.95. The van der Waals surface area contributed by atoms with Gasteiger partial charge in [-0.1, -0.05) is 19.1 Å². The topological polar surface area (TPSA) is 72.5 Å². The predicted octanol–water partition coefficient (Wildman–Crippen LogP) is 1.54. The normalized spacial score (nSPS) is 20.0. The van der Waals surface area contributed by atoms with Crippen molar-refractivity contribution < 1.29 is 8.42 Å². The molecule has 0 spiro atoms. The first-order valence-corrected chi connectivity index (χ1v) is 6.23. The van der Waals surface area contributed by atoms with E-state index in [1.807, 2.05) is 13.0 Å². The van der Waals surface area contributed by atoms with E-state index in [4.69, 9.17) is 5.14 Å². The maximum Gasteiger partial charge on any atom is 0.240 e. The van der Waals surface area contributed by atoms with Gasteiger partial charge < -0.3 is 0 Å². The van der Waals surface area contributed by atoms with Crippen molar-refractivity contribution >= 4 is 21.9 Å². The molecule has 0 fully saturated rings. The fraction of sp³-hybridized carbons (Fsp3) is 0.300. The lowest BCUT2D eigenvalue weighted by molar-refractivity contribution is 0.597. The first-order chi connectivity index (χ1) is 7.00. The van der Waals surface area contributed by atoms with Gasteiger partial charge in [-0.15, -0.1) is 0 Å². The van der Waals surface area contributed by atoms with Crippen LogP contribution >= 0.6 is 0 Å². The molecule has 1 atom stereocenters. The Labute approximate surface area is 88.9 Å². The standard InChI is InChI=1S/C10H12N2O2S/c1-7-5-6-12-10-8(7)3-2-4-9(10)15(11,13)14/h2-4,6-7H,5H2,1H3,(H2,11,13,14). The highest BCUT2D eigenvalue weighted by atomic mass is 32.2. The Hall–Kier alpha value is -1.20. The van der Waals surface area contributed by atoms with E-state index in [0.29, 0.717) is 11.6 Å². The summed E-state index contributed by atoms with van der Waals surface area (Å²) < 4.78 is 22.6. The summed E-state index contributed by atoms with van der Waals surface area (Å²) >= 11 is 0. The minimum Gasteiger partial charge on any atom is -0.260 e. The van der Waals surface area contributed by atoms with Gasteiger partial charge in [0.05, 0.1) is 5.69 Å². The van der Waals surface area contributed by atoms with Crippen LogP contribution in [0.2, 0.25) is 0 Å². The van der Waals surface area contributed by atoms with Gasteiger partial charge >= 0.3 is 0 Å². The van der Waals surface area contributed by atoms with Gasteiger partial charge in [0, 0.05) is 6.21 Å². The summed E-state index contributed by atoms with van der Waals surface area (Å²) in [6.45, 7) is 2.04. The summed E-state index contributed by atoms with van der Waals surface area (Å²) in [6, 6.07) is 5.09. The molecule has 0 saturated heterocycles. The number of rotatable bonds is 1. The third-order valence-corrected chi connectivity index (χ3v) is 3.49. The van der Waals surface area contributed by atoms with Gasteiger partial charge in [0.1, 0.15) is 4.90 Å². The zero-order valence-corrected chi connectivity index (χ0v) is 9.16. The van der Waals surface area contributed by atoms with Gasteiger partial charge in [-0.3, -0.25) is 4.99 Å². The third kappa shape index (κ3) is 1.80. The summed E-state index contributed by atoms with van der Waals surface area (Å²) in [4.78, 5) is 4.24. The van der Waals surface area contributed by atoms with Crippen molar-refractivity contribution in [2.24, 2.45) is 10.1 Å². The van der Waals surface area contributed by atoms with E-state index < -0.39 is 10.0 Å². The van der Waals surface area contributed by atoms with Crippen LogP contribution in [0.1, 0.15) is 24.8 Å². The van der Waals surface area contributed by atoms with Crippen LogP contribution in [0, 0.1) is 0 Å². The highest BCUT2D eigenvalue weighted by Gasteiger charge is 2.21. The molecule has 1 heterocycles. The first-order valence-electron chi connectivity index (χ1n) is 4.68. The Morgan fingerprint density at radius 1 is 1.47 bits per heavy atom. The summed E-state index contributed by atoms with van der Waals surface area (Å²) in [5, 5.41) is 5.12. The fourth-order valence-electron chi connectivity index (χ4n) is 1.73. The number of nitrogens with zero attached hydrogens (tertiary/aromatic N) is 1. The minimum absolute atomic E-state index is 0.114. The minimum atomic E-state index is -3.68. The maximum atomic E-state index is 11.3. The number of nitrogens with two attached hydrogens (primary N) is 1. The average molecular weight is 224 g/mol. The zero-order valence-electron chi connectivity index (χ0n) is 8.34. The Balaban J connectivity index is 2.72. The summed E-state index contributed by atoms with van der Waals surface area (Å²) in [5.74, 6) is 0.291. The van der Waals surface area contributed by atoms with Gasteiger partial charge in [0.2, 0.25) is 10.0 Å². The number of primary sulfonamides is 1. The fourth-order valence-corrected chi connectivity index (χ4v) is 2.44. The Kier molecular flexibility index (Phi) is 2.36. The Bertz CT molecular complexity index is 520. The van der Waals surface area contributed by atoms with Crippen LogP contribution in [0.5, 0.6) is 0 Å². The van der Waals surface area contributed by atoms with Crippen LogP contribution < -0.4 is 5.14 Å². The smallest absolute Gasteiger partial charge is 0.240 e. The molecular formula is C10H12N2O2S. The molecule has 0 amide bonds. The number of fused-ring (bicyclic) bond motifs is 1. The van der Waals surface area contributed by atoms with Gasteiger partial charge in [0.25, 0.3) is 0 Å². The molecule has 5 heteroatoms.